The third kappa shape index (κ3) is 7.89. The molecule has 0 atom stereocenters. The lowest BCUT2D eigenvalue weighted by Gasteiger charge is -2.21. The number of rotatable bonds is 6. The Morgan fingerprint density at radius 2 is 1.71 bits per heavy atom. The Bertz CT molecular complexity index is 1780. The normalized spacial score (nSPS) is 14.9. The second-order valence-electron chi connectivity index (χ2n) is 9.41. The molecule has 1 aliphatic heterocycles. The first-order valence-electron chi connectivity index (χ1n) is 12.8. The van der Waals surface area contributed by atoms with E-state index in [9.17, 15) is 35.9 Å². The van der Waals surface area contributed by atoms with Crippen molar-refractivity contribution in [2.45, 2.75) is 19.5 Å². The van der Waals surface area contributed by atoms with Gasteiger partial charge in [0, 0.05) is 5.69 Å². The molecule has 1 aromatic heterocycles. The Balaban J connectivity index is 1.23. The van der Waals surface area contributed by atoms with Crippen molar-refractivity contribution < 1.29 is 40.7 Å². The van der Waals surface area contributed by atoms with Crippen LogP contribution in [0.4, 0.5) is 42.5 Å². The zero-order valence-corrected chi connectivity index (χ0v) is 23.7. The summed E-state index contributed by atoms with van der Waals surface area (Å²) in [6.07, 6.45) is -4.84. The average Bonchev–Trinajstić information content (AvgIpc) is 3.58. The monoisotopic (exact) mass is 646 g/mol. The molecule has 0 saturated carbocycles. The van der Waals surface area contributed by atoms with E-state index in [1.165, 1.54) is 35.3 Å². The standard InChI is InChI=1S/C29H20F6N6O3S/c1-17-2-12-22(28(30,31)32)23(14-17)41-25(42)15-45-27(41)38-26(43)37-19-6-3-18(4-7-19)5-13-24-36-16-40(39-24)20-8-10-21(11-9-20)44-29(33,34)35/h2-14,16H,15H2,1H3,(H,37,43). The number of hydrogen-bond donors (Lipinski definition) is 1. The fourth-order valence-corrected chi connectivity index (χ4v) is 4.97. The molecule has 0 bridgehead atoms. The fourth-order valence-electron chi connectivity index (χ4n) is 4.11. The van der Waals surface area contributed by atoms with Crippen molar-refractivity contribution >= 4 is 52.4 Å². The smallest absolute Gasteiger partial charge is 0.406 e. The minimum atomic E-state index is -4.79. The van der Waals surface area contributed by atoms with Crippen LogP contribution in [0.25, 0.3) is 17.8 Å². The Labute approximate surface area is 255 Å². The number of thioether (sulfide) groups is 1. The summed E-state index contributed by atoms with van der Waals surface area (Å²) in [5, 5.41) is 6.61. The van der Waals surface area contributed by atoms with Crippen LogP contribution < -0.4 is 15.0 Å². The van der Waals surface area contributed by atoms with Crippen molar-refractivity contribution in [3.8, 4) is 11.4 Å². The number of nitrogens with zero attached hydrogens (tertiary/aromatic N) is 5. The topological polar surface area (TPSA) is 102 Å². The molecule has 3 aromatic carbocycles. The van der Waals surface area contributed by atoms with Crippen LogP contribution in [-0.4, -0.2) is 44.0 Å². The summed E-state index contributed by atoms with van der Waals surface area (Å²) in [7, 11) is 0. The molecule has 2 heterocycles. The molecule has 45 heavy (non-hydrogen) atoms. The number of carbonyl (C=O) groups is 2. The highest BCUT2D eigenvalue weighted by Crippen LogP contribution is 2.40. The van der Waals surface area contributed by atoms with Crippen molar-refractivity contribution in [2.75, 3.05) is 16.0 Å². The molecule has 4 aromatic rings. The van der Waals surface area contributed by atoms with Crippen LogP contribution in [0.2, 0.25) is 0 Å². The number of nitrogens with one attached hydrogen (secondary N) is 1. The summed E-state index contributed by atoms with van der Waals surface area (Å²) in [5.74, 6) is -0.857. The zero-order valence-electron chi connectivity index (χ0n) is 22.9. The lowest BCUT2D eigenvalue weighted by molar-refractivity contribution is -0.274. The van der Waals surface area contributed by atoms with E-state index in [1.807, 2.05) is 0 Å². The van der Waals surface area contributed by atoms with E-state index in [0.717, 1.165) is 34.9 Å². The van der Waals surface area contributed by atoms with Crippen molar-refractivity contribution in [1.29, 1.82) is 0 Å². The number of amidine groups is 1. The van der Waals surface area contributed by atoms with Crippen molar-refractivity contribution in [1.82, 2.24) is 14.8 Å². The molecule has 16 heteroatoms. The van der Waals surface area contributed by atoms with Crippen LogP contribution in [0, 0.1) is 6.92 Å². The van der Waals surface area contributed by atoms with E-state index >= 15 is 0 Å². The van der Waals surface area contributed by atoms with Crippen LogP contribution >= 0.6 is 11.8 Å². The molecule has 232 valence electrons. The summed E-state index contributed by atoms with van der Waals surface area (Å²) >= 11 is 0.856. The maximum Gasteiger partial charge on any atom is 0.573 e. The summed E-state index contributed by atoms with van der Waals surface area (Å²) in [5.41, 5.74) is 0.589. The second kappa shape index (κ2) is 12.5. The van der Waals surface area contributed by atoms with E-state index in [-0.39, 0.29) is 16.7 Å². The molecule has 1 saturated heterocycles. The quantitative estimate of drug-likeness (QED) is 0.220. The first-order chi connectivity index (χ1) is 21.2. The Hall–Kier alpha value is -5.12. The number of urea groups is 1. The van der Waals surface area contributed by atoms with Gasteiger partial charge in [-0.1, -0.05) is 36.0 Å². The third-order valence-corrected chi connectivity index (χ3v) is 7.02. The van der Waals surface area contributed by atoms with E-state index in [1.54, 1.807) is 43.3 Å². The van der Waals surface area contributed by atoms with E-state index in [2.05, 4.69) is 25.1 Å². The largest absolute Gasteiger partial charge is 0.573 e. The number of aliphatic imine (C=N–C) groups is 1. The highest BCUT2D eigenvalue weighted by atomic mass is 32.2. The highest BCUT2D eigenvalue weighted by Gasteiger charge is 2.40. The van der Waals surface area contributed by atoms with Crippen molar-refractivity contribution in [3.63, 3.8) is 0 Å². The number of amides is 3. The van der Waals surface area contributed by atoms with Gasteiger partial charge < -0.3 is 10.1 Å². The molecular formula is C29H20F6N6O3S. The number of aryl methyl sites for hydroxylation is 1. The molecule has 1 fully saturated rings. The molecule has 0 spiro atoms. The lowest BCUT2D eigenvalue weighted by atomic mass is 10.1. The summed E-state index contributed by atoms with van der Waals surface area (Å²) < 4.78 is 83.2. The minimum absolute atomic E-state index is 0.172. The van der Waals surface area contributed by atoms with E-state index < -0.39 is 35.7 Å². The Kier molecular flexibility index (Phi) is 8.68. The average molecular weight is 647 g/mol. The first kappa shape index (κ1) is 31.3. The van der Waals surface area contributed by atoms with Gasteiger partial charge in [0.1, 0.15) is 12.1 Å². The summed E-state index contributed by atoms with van der Waals surface area (Å²) in [4.78, 5) is 34.0. The number of anilines is 2. The maximum absolute atomic E-state index is 13.6. The number of halogens is 6. The number of benzene rings is 3. The van der Waals surface area contributed by atoms with Gasteiger partial charge in [-0.05, 0) is 72.7 Å². The molecule has 3 amide bonds. The van der Waals surface area contributed by atoms with Crippen LogP contribution in [0.15, 0.2) is 78.0 Å². The van der Waals surface area contributed by atoms with Crippen molar-refractivity contribution in [3.05, 3.63) is 95.6 Å². The summed E-state index contributed by atoms with van der Waals surface area (Å²) in [6.45, 7) is 1.59. The van der Waals surface area contributed by atoms with Gasteiger partial charge in [-0.25, -0.2) is 14.5 Å². The summed E-state index contributed by atoms with van der Waals surface area (Å²) in [6, 6.07) is 14.1. The van der Waals surface area contributed by atoms with Crippen LogP contribution in [0.5, 0.6) is 5.75 Å². The Morgan fingerprint density at radius 3 is 2.38 bits per heavy atom. The SMILES string of the molecule is Cc1ccc(C(F)(F)F)c(N2C(=O)CSC2=NC(=O)Nc2ccc(C=Cc3ncn(-c4ccc(OC(F)(F)F)cc4)n3)cc2)c1. The molecule has 0 unspecified atom stereocenters. The molecule has 0 radical (unpaired) electrons. The fraction of sp³-hybridized carbons (Fsp3) is 0.138. The number of carbonyl (C=O) groups excluding carboxylic acids is 2. The predicted molar refractivity (Wildman–Crippen MR) is 156 cm³/mol. The van der Waals surface area contributed by atoms with Crippen LogP contribution in [-0.2, 0) is 11.0 Å². The Morgan fingerprint density at radius 1 is 1.00 bits per heavy atom. The maximum atomic E-state index is 13.6. The predicted octanol–water partition coefficient (Wildman–Crippen LogP) is 7.33. The molecule has 1 aliphatic rings. The molecule has 0 aliphatic carbocycles. The van der Waals surface area contributed by atoms with Crippen LogP contribution in [0.1, 0.15) is 22.5 Å². The molecule has 9 nitrogen and oxygen atoms in total. The number of aromatic nitrogens is 3. The first-order valence-corrected chi connectivity index (χ1v) is 13.8. The third-order valence-electron chi connectivity index (χ3n) is 6.09. The van der Waals surface area contributed by atoms with Gasteiger partial charge in [0.05, 0.1) is 22.7 Å². The lowest BCUT2D eigenvalue weighted by Crippen LogP contribution is -2.32. The molecule has 5 rings (SSSR count). The van der Waals surface area contributed by atoms with Gasteiger partial charge in [0.25, 0.3) is 0 Å². The van der Waals surface area contributed by atoms with Crippen molar-refractivity contribution in [2.24, 2.45) is 4.99 Å². The zero-order chi connectivity index (χ0) is 32.4. The highest BCUT2D eigenvalue weighted by molar-refractivity contribution is 8.15. The van der Waals surface area contributed by atoms with Crippen LogP contribution in [0.3, 0.4) is 0 Å². The molecular weight excluding hydrogens is 626 g/mol. The van der Waals surface area contributed by atoms with Gasteiger partial charge >= 0.3 is 18.6 Å². The van der Waals surface area contributed by atoms with Gasteiger partial charge in [-0.15, -0.1) is 18.3 Å². The van der Waals surface area contributed by atoms with E-state index in [0.29, 0.717) is 28.3 Å². The number of hydrogen-bond acceptors (Lipinski definition) is 6. The van der Waals surface area contributed by atoms with Gasteiger partial charge in [-0.2, -0.15) is 18.2 Å². The van der Waals surface area contributed by atoms with E-state index in [4.69, 9.17) is 0 Å². The minimum Gasteiger partial charge on any atom is -0.406 e. The van der Waals surface area contributed by atoms with Gasteiger partial charge in [-0.3, -0.25) is 9.69 Å². The van der Waals surface area contributed by atoms with Gasteiger partial charge in [0.2, 0.25) is 5.91 Å². The van der Waals surface area contributed by atoms with Gasteiger partial charge in [0.15, 0.2) is 11.0 Å². The molecule has 1 N–H and O–H groups in total. The second-order valence-corrected chi connectivity index (χ2v) is 10.3. The number of alkyl halides is 6. The number of ether oxygens (including phenoxy) is 1.